The first-order valence-electron chi connectivity index (χ1n) is 7.40. The van der Waals surface area contributed by atoms with E-state index in [2.05, 4.69) is 9.97 Å². The van der Waals surface area contributed by atoms with E-state index in [1.54, 1.807) is 18.2 Å². The van der Waals surface area contributed by atoms with E-state index in [0.29, 0.717) is 23.3 Å². The van der Waals surface area contributed by atoms with E-state index in [9.17, 15) is 14.9 Å². The number of carbonyl (C=O) groups excluding carboxylic acids is 1. The molecule has 2 aromatic carbocycles. The maximum absolute atomic E-state index is 11.1. The third-order valence-corrected chi connectivity index (χ3v) is 3.63. The molecule has 3 rings (SSSR count). The Morgan fingerprint density at radius 2 is 2.00 bits per heavy atom. The molecule has 9 heteroatoms. The van der Waals surface area contributed by atoms with Gasteiger partial charge in [-0.2, -0.15) is 0 Å². The summed E-state index contributed by atoms with van der Waals surface area (Å²) < 4.78 is 0. The van der Waals surface area contributed by atoms with Crippen LogP contribution in [0.5, 0.6) is 0 Å². The van der Waals surface area contributed by atoms with Crippen LogP contribution in [0.2, 0.25) is 0 Å². The van der Waals surface area contributed by atoms with Crippen molar-refractivity contribution in [2.45, 2.75) is 6.42 Å². The van der Waals surface area contributed by atoms with E-state index in [1.807, 2.05) is 24.3 Å². The average molecular weight is 375 g/mol. The number of hydrogen-bond acceptors (Lipinski definition) is 5. The highest BCUT2D eigenvalue weighted by Gasteiger charge is 2.15. The molecule has 134 valence electrons. The van der Waals surface area contributed by atoms with E-state index in [0.717, 1.165) is 11.1 Å². The molecule has 0 aliphatic carbocycles. The van der Waals surface area contributed by atoms with Crippen LogP contribution in [0.15, 0.2) is 48.5 Å². The van der Waals surface area contributed by atoms with Gasteiger partial charge in [0.25, 0.3) is 11.6 Å². The van der Waals surface area contributed by atoms with Crippen molar-refractivity contribution in [2.24, 2.45) is 0 Å². The normalized spacial score (nSPS) is 10.7. The molecule has 0 unspecified atom stereocenters. The number of amides is 1. The van der Waals surface area contributed by atoms with Crippen LogP contribution < -0.4 is 5.48 Å². The Hall–Kier alpha value is -3.23. The van der Waals surface area contributed by atoms with Crippen molar-refractivity contribution < 1.29 is 14.9 Å². The molecule has 0 saturated carbocycles. The number of nitrogens with one attached hydrogen (secondary N) is 2. The number of aromatic nitrogens is 2. The largest absolute Gasteiger partial charge is 0.341 e. The number of nitrogens with zero attached hydrogens (tertiary/aromatic N) is 2. The molecule has 0 aliphatic rings. The van der Waals surface area contributed by atoms with Gasteiger partial charge < -0.3 is 4.98 Å². The predicted molar refractivity (Wildman–Crippen MR) is 98.2 cm³/mol. The highest BCUT2D eigenvalue weighted by molar-refractivity contribution is 5.90. The van der Waals surface area contributed by atoms with Crippen molar-refractivity contribution in [3.63, 3.8) is 0 Å². The lowest BCUT2D eigenvalue weighted by molar-refractivity contribution is -0.383. The fraction of sp³-hybridized carbons (Fsp3) is 0.0588. The van der Waals surface area contributed by atoms with Gasteiger partial charge in [-0.05, 0) is 23.3 Å². The SMILES string of the molecule is Cl.O=C(/C=C/c1ccc(Cc2nc3c([N+](=O)[O-])cccc3[nH]2)cc1)NO. The first-order valence-corrected chi connectivity index (χ1v) is 7.40. The Morgan fingerprint density at radius 3 is 2.65 bits per heavy atom. The molecular weight excluding hydrogens is 360 g/mol. The molecule has 0 spiro atoms. The molecule has 1 amide bonds. The Balaban J connectivity index is 0.00000243. The van der Waals surface area contributed by atoms with E-state index < -0.39 is 10.8 Å². The number of fused-ring (bicyclic) bond motifs is 1. The zero-order valence-electron chi connectivity index (χ0n) is 13.4. The van der Waals surface area contributed by atoms with E-state index >= 15 is 0 Å². The molecule has 8 nitrogen and oxygen atoms in total. The quantitative estimate of drug-likeness (QED) is 0.274. The smallest absolute Gasteiger partial charge is 0.297 e. The number of non-ortho nitro benzene ring substituents is 1. The Labute approximate surface area is 154 Å². The van der Waals surface area contributed by atoms with Crippen molar-refractivity contribution in [1.29, 1.82) is 0 Å². The fourth-order valence-electron chi connectivity index (χ4n) is 2.45. The molecule has 3 N–H and O–H groups in total. The number of halogens is 1. The van der Waals surface area contributed by atoms with Crippen LogP contribution in [-0.2, 0) is 11.2 Å². The summed E-state index contributed by atoms with van der Waals surface area (Å²) >= 11 is 0. The number of nitro groups is 1. The summed E-state index contributed by atoms with van der Waals surface area (Å²) in [7, 11) is 0. The van der Waals surface area contributed by atoms with Crippen LogP contribution >= 0.6 is 12.4 Å². The van der Waals surface area contributed by atoms with Crippen LogP contribution in [0.3, 0.4) is 0 Å². The van der Waals surface area contributed by atoms with Crippen molar-refractivity contribution in [3.8, 4) is 0 Å². The second kappa shape index (κ2) is 8.24. The molecule has 0 fully saturated rings. The zero-order valence-corrected chi connectivity index (χ0v) is 14.2. The second-order valence-corrected chi connectivity index (χ2v) is 5.34. The lowest BCUT2D eigenvalue weighted by Gasteiger charge is -1.99. The molecular formula is C17H15ClN4O4. The number of para-hydroxylation sites is 1. The predicted octanol–water partition coefficient (Wildman–Crippen LogP) is 3.00. The van der Waals surface area contributed by atoms with Crippen molar-refractivity contribution >= 4 is 41.1 Å². The molecule has 0 saturated heterocycles. The lowest BCUT2D eigenvalue weighted by atomic mass is 10.1. The van der Waals surface area contributed by atoms with Crippen LogP contribution in [0.25, 0.3) is 17.1 Å². The van der Waals surface area contributed by atoms with Crippen molar-refractivity contribution in [3.05, 3.63) is 75.6 Å². The number of rotatable bonds is 5. The van der Waals surface area contributed by atoms with Gasteiger partial charge in [0, 0.05) is 18.6 Å². The first kappa shape index (κ1) is 19.1. The third-order valence-electron chi connectivity index (χ3n) is 3.63. The van der Waals surface area contributed by atoms with E-state index in [1.165, 1.54) is 17.6 Å². The Kier molecular flexibility index (Phi) is 6.05. The summed E-state index contributed by atoms with van der Waals surface area (Å²) in [6.45, 7) is 0. The van der Waals surface area contributed by atoms with Gasteiger partial charge in [-0.1, -0.05) is 30.3 Å². The van der Waals surface area contributed by atoms with Crippen LogP contribution in [0.4, 0.5) is 5.69 Å². The van der Waals surface area contributed by atoms with Gasteiger partial charge in [0.05, 0.1) is 10.4 Å². The van der Waals surface area contributed by atoms with Gasteiger partial charge in [0.2, 0.25) is 0 Å². The molecule has 1 aromatic heterocycles. The number of hydrogen-bond donors (Lipinski definition) is 3. The van der Waals surface area contributed by atoms with Gasteiger partial charge in [0.15, 0.2) is 5.52 Å². The molecule has 26 heavy (non-hydrogen) atoms. The average Bonchev–Trinajstić information content (AvgIpc) is 3.02. The van der Waals surface area contributed by atoms with Crippen LogP contribution in [-0.4, -0.2) is 26.0 Å². The summed E-state index contributed by atoms with van der Waals surface area (Å²) in [5, 5.41) is 19.5. The first-order chi connectivity index (χ1) is 12.1. The summed E-state index contributed by atoms with van der Waals surface area (Å²) in [5.74, 6) is 0.0280. The summed E-state index contributed by atoms with van der Waals surface area (Å²) in [6.07, 6.45) is 3.28. The molecule has 0 radical (unpaired) electrons. The second-order valence-electron chi connectivity index (χ2n) is 5.34. The van der Waals surface area contributed by atoms with Gasteiger partial charge in [0.1, 0.15) is 5.82 Å². The van der Waals surface area contributed by atoms with E-state index in [4.69, 9.17) is 5.21 Å². The van der Waals surface area contributed by atoms with Crippen LogP contribution in [0, 0.1) is 10.1 Å². The highest BCUT2D eigenvalue weighted by Crippen LogP contribution is 2.24. The van der Waals surface area contributed by atoms with Gasteiger partial charge in [-0.25, -0.2) is 10.5 Å². The van der Waals surface area contributed by atoms with Gasteiger partial charge >= 0.3 is 0 Å². The number of hydroxylamine groups is 1. The van der Waals surface area contributed by atoms with Gasteiger partial charge in [-0.15, -0.1) is 12.4 Å². The fourth-order valence-corrected chi connectivity index (χ4v) is 2.45. The summed E-state index contributed by atoms with van der Waals surface area (Å²) in [5.41, 5.74) is 4.22. The topological polar surface area (TPSA) is 121 Å². The zero-order chi connectivity index (χ0) is 17.8. The minimum absolute atomic E-state index is 0. The van der Waals surface area contributed by atoms with Crippen molar-refractivity contribution in [2.75, 3.05) is 0 Å². The lowest BCUT2D eigenvalue weighted by Crippen LogP contribution is -2.14. The molecule has 0 atom stereocenters. The number of H-pyrrole nitrogens is 1. The standard InChI is InChI=1S/C17H14N4O4.ClH/c22-16(20-23)9-8-11-4-6-12(7-5-11)10-15-18-13-2-1-3-14(21(24)25)17(13)19-15;/h1-9,23H,10H2,(H,18,19)(H,20,22);1H/b9-8+;. The van der Waals surface area contributed by atoms with Crippen molar-refractivity contribution in [1.82, 2.24) is 15.4 Å². The highest BCUT2D eigenvalue weighted by atomic mass is 35.5. The number of nitro benzene ring substituents is 1. The third kappa shape index (κ3) is 4.24. The van der Waals surface area contributed by atoms with E-state index in [-0.39, 0.29) is 18.1 Å². The van der Waals surface area contributed by atoms with Gasteiger partial charge in [-0.3, -0.25) is 20.1 Å². The molecule has 3 aromatic rings. The maximum atomic E-state index is 11.1. The van der Waals surface area contributed by atoms with Crippen LogP contribution in [0.1, 0.15) is 17.0 Å². The number of benzene rings is 2. The number of carbonyl (C=O) groups is 1. The summed E-state index contributed by atoms with van der Waals surface area (Å²) in [4.78, 5) is 29.0. The minimum atomic E-state index is -0.604. The molecule has 0 bridgehead atoms. The molecule has 0 aliphatic heterocycles. The Bertz CT molecular complexity index is 967. The number of aromatic amines is 1. The minimum Gasteiger partial charge on any atom is -0.341 e. The summed E-state index contributed by atoms with van der Waals surface area (Å²) in [6, 6.07) is 12.2. The number of imidazole rings is 1. The molecule has 1 heterocycles. The monoisotopic (exact) mass is 374 g/mol. The maximum Gasteiger partial charge on any atom is 0.297 e. The Morgan fingerprint density at radius 1 is 1.27 bits per heavy atom.